The second-order valence-corrected chi connectivity index (χ2v) is 4.86. The van der Waals surface area contributed by atoms with Crippen LogP contribution >= 0.6 is 0 Å². The minimum atomic E-state index is 0.366. The third kappa shape index (κ3) is 2.48. The summed E-state index contributed by atoms with van der Waals surface area (Å²) in [5.41, 5.74) is 0. The summed E-state index contributed by atoms with van der Waals surface area (Å²) in [5.74, 6) is 1.30. The molecular weight excluding hydrogens is 176 g/mol. The molecule has 0 bridgehead atoms. The first-order valence-corrected chi connectivity index (χ1v) is 6.12. The van der Waals surface area contributed by atoms with Crippen molar-refractivity contribution < 1.29 is 9.84 Å². The zero-order valence-electron chi connectivity index (χ0n) is 8.95. The van der Waals surface area contributed by atoms with Gasteiger partial charge in [-0.3, -0.25) is 0 Å². The molecule has 0 aromatic rings. The van der Waals surface area contributed by atoms with Crippen molar-refractivity contribution in [3.63, 3.8) is 0 Å². The predicted octanol–water partition coefficient (Wildman–Crippen LogP) is 2.35. The molecule has 2 fully saturated rings. The molecule has 1 N–H and O–H groups in total. The predicted molar refractivity (Wildman–Crippen MR) is 56.1 cm³/mol. The van der Waals surface area contributed by atoms with E-state index in [-0.39, 0.29) is 0 Å². The van der Waals surface area contributed by atoms with Gasteiger partial charge in [0.1, 0.15) is 0 Å². The van der Waals surface area contributed by atoms with Crippen LogP contribution in [0.4, 0.5) is 0 Å². The summed E-state index contributed by atoms with van der Waals surface area (Å²) >= 11 is 0. The lowest BCUT2D eigenvalue weighted by Crippen LogP contribution is -2.22. The standard InChI is InChI=1S/C12H22O2/c13-9-11(10-4-1-2-5-10)8-12-6-3-7-14-12/h10-13H,1-9H2. The summed E-state index contributed by atoms with van der Waals surface area (Å²) < 4.78 is 5.63. The van der Waals surface area contributed by atoms with Gasteiger partial charge >= 0.3 is 0 Å². The first kappa shape index (κ1) is 10.4. The summed E-state index contributed by atoms with van der Waals surface area (Å²) in [5, 5.41) is 9.39. The van der Waals surface area contributed by atoms with Gasteiger partial charge in [-0.25, -0.2) is 0 Å². The number of aliphatic hydroxyl groups excluding tert-OH is 1. The lowest BCUT2D eigenvalue weighted by atomic mass is 9.86. The Morgan fingerprint density at radius 2 is 1.93 bits per heavy atom. The van der Waals surface area contributed by atoms with Crippen LogP contribution in [0.1, 0.15) is 44.9 Å². The van der Waals surface area contributed by atoms with E-state index in [0.717, 1.165) is 18.9 Å². The molecule has 2 unspecified atom stereocenters. The van der Waals surface area contributed by atoms with Gasteiger partial charge in [-0.05, 0) is 31.1 Å². The molecule has 1 aliphatic carbocycles. The molecule has 1 aliphatic heterocycles. The van der Waals surface area contributed by atoms with Crippen LogP contribution in [0.2, 0.25) is 0 Å². The van der Waals surface area contributed by atoms with Crippen LogP contribution < -0.4 is 0 Å². The maximum atomic E-state index is 9.39. The Kier molecular flexibility index (Phi) is 3.82. The van der Waals surface area contributed by atoms with Crippen LogP contribution in [-0.2, 0) is 4.74 Å². The molecule has 2 atom stereocenters. The zero-order chi connectivity index (χ0) is 9.80. The number of hydrogen-bond acceptors (Lipinski definition) is 2. The Hall–Kier alpha value is -0.0800. The van der Waals surface area contributed by atoms with Gasteiger partial charge in [0.25, 0.3) is 0 Å². The van der Waals surface area contributed by atoms with Crippen molar-refractivity contribution in [2.24, 2.45) is 11.8 Å². The first-order valence-electron chi connectivity index (χ1n) is 6.12. The summed E-state index contributed by atoms with van der Waals surface area (Å²) in [6, 6.07) is 0. The Balaban J connectivity index is 1.79. The molecule has 2 aliphatic rings. The Morgan fingerprint density at radius 3 is 2.50 bits per heavy atom. The van der Waals surface area contributed by atoms with Crippen LogP contribution in [0, 0.1) is 11.8 Å². The van der Waals surface area contributed by atoms with Crippen LogP contribution in [0.3, 0.4) is 0 Å². The fourth-order valence-corrected chi connectivity index (χ4v) is 3.01. The van der Waals surface area contributed by atoms with Crippen molar-refractivity contribution in [2.75, 3.05) is 13.2 Å². The smallest absolute Gasteiger partial charge is 0.0579 e. The molecule has 2 rings (SSSR count). The highest BCUT2D eigenvalue weighted by molar-refractivity contribution is 4.78. The van der Waals surface area contributed by atoms with Gasteiger partial charge in [0, 0.05) is 13.2 Å². The Bertz CT molecular complexity index is 158. The van der Waals surface area contributed by atoms with Gasteiger partial charge < -0.3 is 9.84 Å². The molecule has 0 aromatic carbocycles. The highest BCUT2D eigenvalue weighted by Crippen LogP contribution is 2.35. The van der Waals surface area contributed by atoms with Crippen LogP contribution in [0.15, 0.2) is 0 Å². The third-order valence-corrected chi connectivity index (χ3v) is 3.89. The average Bonchev–Trinajstić information content (AvgIpc) is 2.86. The second-order valence-electron chi connectivity index (χ2n) is 4.86. The molecule has 0 spiro atoms. The molecule has 2 nitrogen and oxygen atoms in total. The average molecular weight is 198 g/mol. The van der Waals surface area contributed by atoms with Crippen molar-refractivity contribution in [1.82, 2.24) is 0 Å². The van der Waals surface area contributed by atoms with Crippen molar-refractivity contribution in [3.8, 4) is 0 Å². The fraction of sp³-hybridized carbons (Fsp3) is 1.00. The summed E-state index contributed by atoms with van der Waals surface area (Å²) in [4.78, 5) is 0. The normalized spacial score (nSPS) is 31.1. The van der Waals surface area contributed by atoms with Gasteiger partial charge in [-0.2, -0.15) is 0 Å². The van der Waals surface area contributed by atoms with E-state index in [1.54, 1.807) is 0 Å². The lowest BCUT2D eigenvalue weighted by molar-refractivity contribution is 0.0608. The van der Waals surface area contributed by atoms with E-state index in [4.69, 9.17) is 4.74 Å². The molecule has 82 valence electrons. The number of aliphatic hydroxyl groups is 1. The third-order valence-electron chi connectivity index (χ3n) is 3.89. The van der Waals surface area contributed by atoms with Gasteiger partial charge in [0.15, 0.2) is 0 Å². The number of ether oxygens (including phenoxy) is 1. The maximum absolute atomic E-state index is 9.39. The van der Waals surface area contributed by atoms with Crippen LogP contribution in [-0.4, -0.2) is 24.4 Å². The minimum absolute atomic E-state index is 0.366. The molecular formula is C12H22O2. The number of rotatable bonds is 4. The molecule has 1 heterocycles. The molecule has 0 aromatic heterocycles. The molecule has 1 saturated heterocycles. The van der Waals surface area contributed by atoms with Gasteiger partial charge in [0.2, 0.25) is 0 Å². The van der Waals surface area contributed by atoms with E-state index in [1.165, 1.54) is 38.5 Å². The van der Waals surface area contributed by atoms with Crippen molar-refractivity contribution >= 4 is 0 Å². The lowest BCUT2D eigenvalue weighted by Gasteiger charge is -2.23. The maximum Gasteiger partial charge on any atom is 0.0579 e. The zero-order valence-corrected chi connectivity index (χ0v) is 8.95. The monoisotopic (exact) mass is 198 g/mol. The highest BCUT2D eigenvalue weighted by Gasteiger charge is 2.28. The number of hydrogen-bond donors (Lipinski definition) is 1. The van der Waals surface area contributed by atoms with Crippen molar-refractivity contribution in [3.05, 3.63) is 0 Å². The molecule has 2 heteroatoms. The largest absolute Gasteiger partial charge is 0.396 e. The van der Waals surface area contributed by atoms with Gasteiger partial charge in [-0.15, -0.1) is 0 Å². The fourth-order valence-electron chi connectivity index (χ4n) is 3.01. The summed E-state index contributed by atoms with van der Waals surface area (Å²) in [6.45, 7) is 1.30. The first-order chi connectivity index (χ1) is 6.90. The SMILES string of the molecule is OCC(CC1CCCO1)C1CCCC1. The van der Waals surface area contributed by atoms with E-state index in [2.05, 4.69) is 0 Å². The topological polar surface area (TPSA) is 29.5 Å². The highest BCUT2D eigenvalue weighted by atomic mass is 16.5. The second kappa shape index (κ2) is 5.13. The molecule has 0 amide bonds. The van der Waals surface area contributed by atoms with Crippen LogP contribution in [0.25, 0.3) is 0 Å². The minimum Gasteiger partial charge on any atom is -0.396 e. The van der Waals surface area contributed by atoms with Crippen molar-refractivity contribution in [2.45, 2.75) is 51.0 Å². The molecule has 0 radical (unpaired) electrons. The quantitative estimate of drug-likeness (QED) is 0.751. The van der Waals surface area contributed by atoms with Gasteiger partial charge in [0.05, 0.1) is 6.10 Å². The molecule has 14 heavy (non-hydrogen) atoms. The molecule has 1 saturated carbocycles. The summed E-state index contributed by atoms with van der Waals surface area (Å²) in [7, 11) is 0. The van der Waals surface area contributed by atoms with E-state index in [9.17, 15) is 5.11 Å². The van der Waals surface area contributed by atoms with Crippen molar-refractivity contribution in [1.29, 1.82) is 0 Å². The Morgan fingerprint density at radius 1 is 1.14 bits per heavy atom. The van der Waals surface area contributed by atoms with Gasteiger partial charge in [-0.1, -0.05) is 25.7 Å². The van der Waals surface area contributed by atoms with Crippen LogP contribution in [0.5, 0.6) is 0 Å². The van der Waals surface area contributed by atoms with E-state index < -0.39 is 0 Å². The van der Waals surface area contributed by atoms with E-state index >= 15 is 0 Å². The summed E-state index contributed by atoms with van der Waals surface area (Å²) in [6.07, 6.45) is 9.38. The van der Waals surface area contributed by atoms with E-state index in [0.29, 0.717) is 18.6 Å². The van der Waals surface area contributed by atoms with E-state index in [1.807, 2.05) is 0 Å². The Labute approximate surface area is 86.6 Å².